The zero-order chi connectivity index (χ0) is 16.7. The van der Waals surface area contributed by atoms with Gasteiger partial charge in [-0.3, -0.25) is 9.59 Å². The number of hydrogen-bond donors (Lipinski definition) is 1. The van der Waals surface area contributed by atoms with Gasteiger partial charge in [-0.2, -0.15) is 0 Å². The normalized spacial score (nSPS) is 14.0. The lowest BCUT2D eigenvalue weighted by atomic mass is 9.95. The Hall–Kier alpha value is -2.73. The first-order chi connectivity index (χ1) is 10.9. The number of nitrogens with zero attached hydrogens (tertiary/aromatic N) is 1. The number of halogens is 2. The van der Waals surface area contributed by atoms with Crippen LogP contribution in [0.1, 0.15) is 20.8 Å². The van der Waals surface area contributed by atoms with E-state index in [0.717, 1.165) is 0 Å². The van der Waals surface area contributed by atoms with E-state index in [2.05, 4.69) is 4.98 Å². The number of carbonyl (C=O) groups is 2. The minimum absolute atomic E-state index is 0.0186. The Labute approximate surface area is 135 Å². The van der Waals surface area contributed by atoms with Crippen LogP contribution in [0, 0.1) is 5.82 Å². The van der Waals surface area contributed by atoms with Gasteiger partial charge < -0.3 is 10.5 Å². The molecule has 2 aromatic rings. The summed E-state index contributed by atoms with van der Waals surface area (Å²) in [5.74, 6) is -1.92. The van der Waals surface area contributed by atoms with E-state index in [1.807, 2.05) is 0 Å². The van der Waals surface area contributed by atoms with Crippen LogP contribution in [0.2, 0.25) is 5.02 Å². The molecule has 0 saturated carbocycles. The molecule has 0 saturated heterocycles. The molecule has 1 heterocycles. The molecule has 23 heavy (non-hydrogen) atoms. The number of rotatable bonds is 2. The van der Waals surface area contributed by atoms with Gasteiger partial charge in [0.15, 0.2) is 5.76 Å². The minimum Gasteiger partial charge on any atom is -0.491 e. The molecule has 0 spiro atoms. The van der Waals surface area contributed by atoms with Gasteiger partial charge in [0, 0.05) is 5.56 Å². The van der Waals surface area contributed by atoms with Gasteiger partial charge in [-0.15, -0.1) is 0 Å². The van der Waals surface area contributed by atoms with Crippen LogP contribution in [0.3, 0.4) is 0 Å². The van der Waals surface area contributed by atoms with E-state index >= 15 is 0 Å². The molecule has 2 N–H and O–H groups in total. The highest BCUT2D eigenvalue weighted by molar-refractivity contribution is 6.30. The third-order valence-corrected chi connectivity index (χ3v) is 3.78. The molecule has 1 aromatic carbocycles. The van der Waals surface area contributed by atoms with E-state index in [4.69, 9.17) is 22.1 Å². The molecule has 7 heteroatoms. The van der Waals surface area contributed by atoms with Crippen molar-refractivity contribution in [3.63, 3.8) is 0 Å². The lowest BCUT2D eigenvalue weighted by Crippen LogP contribution is -2.28. The molecule has 1 aliphatic rings. The van der Waals surface area contributed by atoms with Crippen LogP contribution in [-0.2, 0) is 4.74 Å². The number of ketones is 2. The molecule has 116 valence electrons. The number of pyridine rings is 1. The van der Waals surface area contributed by atoms with E-state index in [1.165, 1.54) is 31.4 Å². The molecule has 0 bridgehead atoms. The largest absolute Gasteiger partial charge is 0.491 e. The van der Waals surface area contributed by atoms with E-state index in [9.17, 15) is 14.0 Å². The number of benzene rings is 1. The fraction of sp³-hybridized carbons (Fsp3) is 0.0625. The molecule has 0 unspecified atom stereocenters. The number of carbonyl (C=O) groups excluding carboxylic acids is 2. The van der Waals surface area contributed by atoms with Crippen molar-refractivity contribution in [2.75, 3.05) is 7.11 Å². The molecule has 0 fully saturated rings. The number of fused-ring (bicyclic) bond motifs is 1. The monoisotopic (exact) mass is 332 g/mol. The van der Waals surface area contributed by atoms with Gasteiger partial charge in [0.25, 0.3) is 0 Å². The summed E-state index contributed by atoms with van der Waals surface area (Å²) in [6.45, 7) is 0. The fourth-order valence-corrected chi connectivity index (χ4v) is 2.43. The van der Waals surface area contributed by atoms with E-state index in [-0.39, 0.29) is 27.7 Å². The highest BCUT2D eigenvalue weighted by atomic mass is 35.5. The Morgan fingerprint density at radius 2 is 1.91 bits per heavy atom. The van der Waals surface area contributed by atoms with Crippen molar-refractivity contribution < 1.29 is 18.7 Å². The summed E-state index contributed by atoms with van der Waals surface area (Å²) < 4.78 is 18.5. The van der Waals surface area contributed by atoms with Gasteiger partial charge >= 0.3 is 0 Å². The number of ether oxygens (including phenoxy) is 1. The van der Waals surface area contributed by atoms with Crippen LogP contribution >= 0.6 is 11.6 Å². The maximum Gasteiger partial charge on any atom is 0.232 e. The maximum absolute atomic E-state index is 13.6. The second-order valence-corrected chi connectivity index (χ2v) is 5.23. The molecular formula is C16H10ClFN2O3. The molecule has 1 aliphatic carbocycles. The molecule has 0 aliphatic heterocycles. The number of aromatic nitrogens is 1. The van der Waals surface area contributed by atoms with Crippen molar-refractivity contribution in [3.8, 4) is 11.3 Å². The zero-order valence-corrected chi connectivity index (χ0v) is 12.6. The van der Waals surface area contributed by atoms with Crippen LogP contribution in [0.15, 0.2) is 41.8 Å². The zero-order valence-electron chi connectivity index (χ0n) is 11.9. The van der Waals surface area contributed by atoms with Crippen molar-refractivity contribution in [1.82, 2.24) is 4.98 Å². The molecule has 3 rings (SSSR count). The number of allylic oxidation sites excluding steroid dienone is 2. The quantitative estimate of drug-likeness (QED) is 0.914. The number of Topliss-reactive ketones (excluding diaryl/α,β-unsaturated/α-hetero) is 2. The summed E-state index contributed by atoms with van der Waals surface area (Å²) in [5.41, 5.74) is 6.11. The second-order valence-electron chi connectivity index (χ2n) is 4.83. The lowest BCUT2D eigenvalue weighted by molar-refractivity contribution is 0.0902. The summed E-state index contributed by atoms with van der Waals surface area (Å²) in [6, 6.07) is 7.11. The van der Waals surface area contributed by atoms with E-state index in [1.54, 1.807) is 6.07 Å². The highest BCUT2D eigenvalue weighted by Gasteiger charge is 2.33. The predicted octanol–water partition coefficient (Wildman–Crippen LogP) is 2.74. The standard InChI is InChI=1S/C16H10ClFN2O3/c1-23-16-12(19)15(22)13-8(14(16)21)3-5-11(20-13)7-2-4-9(17)10(18)6-7/h2-6H,19H2,1H3. The lowest BCUT2D eigenvalue weighted by Gasteiger charge is -2.17. The third-order valence-electron chi connectivity index (χ3n) is 3.47. The van der Waals surface area contributed by atoms with Gasteiger partial charge in [0.1, 0.15) is 17.2 Å². The van der Waals surface area contributed by atoms with Crippen molar-refractivity contribution in [1.29, 1.82) is 0 Å². The average molecular weight is 333 g/mol. The summed E-state index contributed by atoms with van der Waals surface area (Å²) in [7, 11) is 1.26. The number of hydrogen-bond acceptors (Lipinski definition) is 5. The van der Waals surface area contributed by atoms with Crippen molar-refractivity contribution in [2.45, 2.75) is 0 Å². The first-order valence-electron chi connectivity index (χ1n) is 6.53. The Kier molecular flexibility index (Phi) is 3.61. The molecule has 1 aromatic heterocycles. The van der Waals surface area contributed by atoms with Gasteiger partial charge in [-0.25, -0.2) is 9.37 Å². The van der Waals surface area contributed by atoms with Gasteiger partial charge in [0.05, 0.1) is 23.4 Å². The van der Waals surface area contributed by atoms with Crippen molar-refractivity contribution in [2.24, 2.45) is 5.73 Å². The van der Waals surface area contributed by atoms with Crippen LogP contribution in [0.25, 0.3) is 11.3 Å². The first-order valence-corrected chi connectivity index (χ1v) is 6.91. The van der Waals surface area contributed by atoms with Crippen LogP contribution in [-0.4, -0.2) is 23.7 Å². The summed E-state index contributed by atoms with van der Waals surface area (Å²) in [4.78, 5) is 28.6. The van der Waals surface area contributed by atoms with Crippen molar-refractivity contribution >= 4 is 23.2 Å². The van der Waals surface area contributed by atoms with Crippen molar-refractivity contribution in [3.05, 3.63) is 63.9 Å². The topological polar surface area (TPSA) is 82.3 Å². The van der Waals surface area contributed by atoms with Gasteiger partial charge in [-0.05, 0) is 24.3 Å². The first kappa shape index (κ1) is 15.2. The van der Waals surface area contributed by atoms with Gasteiger partial charge in [0.2, 0.25) is 11.6 Å². The SMILES string of the molecule is COC1=C(N)C(=O)c2nc(-c3ccc(Cl)c(F)c3)ccc2C1=O. The Morgan fingerprint density at radius 1 is 1.17 bits per heavy atom. The summed E-state index contributed by atoms with van der Waals surface area (Å²) >= 11 is 5.65. The summed E-state index contributed by atoms with van der Waals surface area (Å²) in [6.07, 6.45) is 0. The molecular weight excluding hydrogens is 323 g/mol. The van der Waals surface area contributed by atoms with Crippen LogP contribution < -0.4 is 5.73 Å². The number of methoxy groups -OCH3 is 1. The van der Waals surface area contributed by atoms with E-state index in [0.29, 0.717) is 11.3 Å². The highest BCUT2D eigenvalue weighted by Crippen LogP contribution is 2.28. The third kappa shape index (κ3) is 2.37. The molecule has 0 radical (unpaired) electrons. The molecule has 0 atom stereocenters. The summed E-state index contributed by atoms with van der Waals surface area (Å²) in [5, 5.41) is -0.0186. The Morgan fingerprint density at radius 3 is 2.57 bits per heavy atom. The molecule has 5 nitrogen and oxygen atoms in total. The number of nitrogens with two attached hydrogens (primary N) is 1. The van der Waals surface area contributed by atoms with Gasteiger partial charge in [-0.1, -0.05) is 17.7 Å². The Balaban J connectivity index is 2.14. The minimum atomic E-state index is -0.604. The Bertz CT molecular complexity index is 893. The van der Waals surface area contributed by atoms with E-state index < -0.39 is 17.4 Å². The second kappa shape index (κ2) is 5.48. The smallest absolute Gasteiger partial charge is 0.232 e. The predicted molar refractivity (Wildman–Crippen MR) is 81.5 cm³/mol. The van der Waals surface area contributed by atoms with Crippen LogP contribution in [0.4, 0.5) is 4.39 Å². The van der Waals surface area contributed by atoms with Crippen LogP contribution in [0.5, 0.6) is 0 Å². The maximum atomic E-state index is 13.6. The molecule has 0 amide bonds. The average Bonchev–Trinajstić information content (AvgIpc) is 2.55. The fourth-order valence-electron chi connectivity index (χ4n) is 2.31.